The molecule has 3 rings (SSSR count). The Morgan fingerprint density at radius 2 is 1.59 bits per heavy atom. The van der Waals surface area contributed by atoms with Crippen LogP contribution in [0.25, 0.3) is 11.3 Å². The van der Waals surface area contributed by atoms with Crippen LogP contribution in [0.2, 0.25) is 0 Å². The number of nitrogens with zero attached hydrogens (tertiary/aromatic N) is 2. The molecule has 1 heterocycles. The Labute approximate surface area is 140 Å². The van der Waals surface area contributed by atoms with Crippen molar-refractivity contribution in [2.24, 2.45) is 0 Å². The summed E-state index contributed by atoms with van der Waals surface area (Å²) in [6, 6.07) is 20.8. The van der Waals surface area contributed by atoms with Crippen molar-refractivity contribution in [1.82, 2.24) is 10.2 Å². The average Bonchev–Trinajstić information content (AvgIpc) is 2.57. The van der Waals surface area contributed by atoms with Crippen LogP contribution in [0.15, 0.2) is 76.2 Å². The molecule has 1 aromatic heterocycles. The van der Waals surface area contributed by atoms with Crippen molar-refractivity contribution in [3.8, 4) is 11.3 Å². The van der Waals surface area contributed by atoms with E-state index < -0.39 is 0 Å². The van der Waals surface area contributed by atoms with E-state index in [0.29, 0.717) is 10.6 Å². The number of carbonyl (C=O) groups is 1. The predicted octanol–water partition coefficient (Wildman–Crippen LogP) is 4.84. The fourth-order valence-corrected chi connectivity index (χ4v) is 2.80. The first-order valence-electron chi connectivity index (χ1n) is 6.59. The molecule has 0 aliphatic rings. The normalized spacial score (nSPS) is 10.4. The number of carbonyl (C=O) groups excluding carboxylic acids is 1. The monoisotopic (exact) mass is 370 g/mol. The van der Waals surface area contributed by atoms with Gasteiger partial charge in [0.2, 0.25) is 5.12 Å². The summed E-state index contributed by atoms with van der Waals surface area (Å²) in [5, 5.41) is 8.84. The molecule has 0 unspecified atom stereocenters. The quantitative estimate of drug-likeness (QED) is 0.618. The lowest BCUT2D eigenvalue weighted by molar-refractivity contribution is 0.108. The van der Waals surface area contributed by atoms with Gasteiger partial charge < -0.3 is 0 Å². The van der Waals surface area contributed by atoms with E-state index in [1.165, 1.54) is 0 Å². The van der Waals surface area contributed by atoms with Gasteiger partial charge >= 0.3 is 0 Å². The Kier molecular flexibility index (Phi) is 4.65. The van der Waals surface area contributed by atoms with E-state index in [1.54, 1.807) is 12.1 Å². The van der Waals surface area contributed by atoms with Crippen molar-refractivity contribution in [3.63, 3.8) is 0 Å². The van der Waals surface area contributed by atoms with Crippen molar-refractivity contribution in [1.29, 1.82) is 0 Å². The van der Waals surface area contributed by atoms with Gasteiger partial charge in [0.25, 0.3) is 0 Å². The predicted molar refractivity (Wildman–Crippen MR) is 91.8 cm³/mol. The number of halogens is 1. The number of rotatable bonds is 3. The second-order valence-electron chi connectivity index (χ2n) is 4.52. The average molecular weight is 371 g/mol. The molecule has 3 aromatic rings. The first-order valence-corrected chi connectivity index (χ1v) is 8.20. The van der Waals surface area contributed by atoms with Gasteiger partial charge in [-0.05, 0) is 48.2 Å². The Hall–Kier alpha value is -1.98. The second kappa shape index (κ2) is 6.85. The van der Waals surface area contributed by atoms with Crippen LogP contribution in [0.1, 0.15) is 10.4 Å². The summed E-state index contributed by atoms with van der Waals surface area (Å²) in [6.07, 6.45) is 0. The summed E-state index contributed by atoms with van der Waals surface area (Å²) < 4.78 is 0.945. The van der Waals surface area contributed by atoms with Crippen LogP contribution in [0, 0.1) is 0 Å². The molecular formula is C17H11BrN2OS. The molecule has 0 saturated carbocycles. The summed E-state index contributed by atoms with van der Waals surface area (Å²) in [5.41, 5.74) is 2.44. The molecule has 2 aromatic carbocycles. The van der Waals surface area contributed by atoms with Gasteiger partial charge in [-0.3, -0.25) is 4.79 Å². The minimum absolute atomic E-state index is 0.0470. The van der Waals surface area contributed by atoms with Crippen molar-refractivity contribution >= 4 is 32.8 Å². The molecule has 0 spiro atoms. The molecular weight excluding hydrogens is 360 g/mol. The number of hydrogen-bond donors (Lipinski definition) is 0. The molecule has 0 N–H and O–H groups in total. The SMILES string of the molecule is O=C(Sc1ccc(-c2ccccc2)nn1)c1ccc(Br)cc1. The molecule has 0 atom stereocenters. The second-order valence-corrected chi connectivity index (χ2v) is 6.43. The number of thioether (sulfide) groups is 1. The minimum Gasteiger partial charge on any atom is -0.281 e. The zero-order valence-electron chi connectivity index (χ0n) is 11.4. The van der Waals surface area contributed by atoms with E-state index in [9.17, 15) is 4.79 Å². The van der Waals surface area contributed by atoms with Crippen LogP contribution in [0.5, 0.6) is 0 Å². The largest absolute Gasteiger partial charge is 0.281 e. The molecule has 0 fully saturated rings. The third-order valence-corrected chi connectivity index (χ3v) is 4.36. The maximum absolute atomic E-state index is 12.2. The maximum atomic E-state index is 12.2. The minimum atomic E-state index is -0.0470. The van der Waals surface area contributed by atoms with E-state index in [1.807, 2.05) is 54.6 Å². The zero-order chi connectivity index (χ0) is 15.4. The molecule has 0 saturated heterocycles. The molecule has 3 nitrogen and oxygen atoms in total. The summed E-state index contributed by atoms with van der Waals surface area (Å²) in [4.78, 5) is 12.2. The van der Waals surface area contributed by atoms with Crippen LogP contribution in [0.3, 0.4) is 0 Å². The summed E-state index contributed by atoms with van der Waals surface area (Å²) in [7, 11) is 0. The smallest absolute Gasteiger partial charge is 0.225 e. The summed E-state index contributed by atoms with van der Waals surface area (Å²) in [6.45, 7) is 0. The molecule has 0 bridgehead atoms. The van der Waals surface area contributed by atoms with Gasteiger partial charge in [-0.1, -0.05) is 46.3 Å². The molecule has 22 heavy (non-hydrogen) atoms. The first-order chi connectivity index (χ1) is 10.7. The van der Waals surface area contributed by atoms with Gasteiger partial charge in [-0.15, -0.1) is 10.2 Å². The highest BCUT2D eigenvalue weighted by atomic mass is 79.9. The van der Waals surface area contributed by atoms with Gasteiger partial charge in [0, 0.05) is 15.6 Å². The maximum Gasteiger partial charge on any atom is 0.225 e. The molecule has 5 heteroatoms. The van der Waals surface area contributed by atoms with Gasteiger partial charge in [0.1, 0.15) is 5.03 Å². The highest BCUT2D eigenvalue weighted by Crippen LogP contribution is 2.23. The number of hydrogen-bond acceptors (Lipinski definition) is 4. The van der Waals surface area contributed by atoms with Gasteiger partial charge in [0.15, 0.2) is 0 Å². The van der Waals surface area contributed by atoms with Crippen LogP contribution >= 0.6 is 27.7 Å². The van der Waals surface area contributed by atoms with Crippen LogP contribution < -0.4 is 0 Å². The van der Waals surface area contributed by atoms with E-state index >= 15 is 0 Å². The number of benzene rings is 2. The van der Waals surface area contributed by atoms with Crippen LogP contribution in [-0.2, 0) is 0 Å². The highest BCUT2D eigenvalue weighted by molar-refractivity contribution is 9.10. The van der Waals surface area contributed by atoms with Crippen molar-refractivity contribution in [2.75, 3.05) is 0 Å². The fraction of sp³-hybridized carbons (Fsp3) is 0. The van der Waals surface area contributed by atoms with Gasteiger partial charge in [-0.25, -0.2) is 0 Å². The number of aromatic nitrogens is 2. The molecule has 0 amide bonds. The van der Waals surface area contributed by atoms with Gasteiger partial charge in [-0.2, -0.15) is 0 Å². The van der Waals surface area contributed by atoms with E-state index in [2.05, 4.69) is 26.1 Å². The Morgan fingerprint density at radius 3 is 2.23 bits per heavy atom. The van der Waals surface area contributed by atoms with Crippen molar-refractivity contribution in [2.45, 2.75) is 5.03 Å². The van der Waals surface area contributed by atoms with Crippen molar-refractivity contribution in [3.05, 3.63) is 76.8 Å². The van der Waals surface area contributed by atoms with E-state index in [-0.39, 0.29) is 5.12 Å². The highest BCUT2D eigenvalue weighted by Gasteiger charge is 2.10. The first kappa shape index (κ1) is 14.9. The Bertz CT molecular complexity index is 774. The Morgan fingerprint density at radius 1 is 0.864 bits per heavy atom. The third-order valence-electron chi connectivity index (χ3n) is 2.99. The van der Waals surface area contributed by atoms with E-state index in [4.69, 9.17) is 0 Å². The summed E-state index contributed by atoms with van der Waals surface area (Å²) >= 11 is 4.43. The van der Waals surface area contributed by atoms with Crippen molar-refractivity contribution < 1.29 is 4.79 Å². The molecule has 0 radical (unpaired) electrons. The van der Waals surface area contributed by atoms with Crippen LogP contribution in [0.4, 0.5) is 0 Å². The lowest BCUT2D eigenvalue weighted by atomic mass is 10.1. The zero-order valence-corrected chi connectivity index (χ0v) is 13.8. The lowest BCUT2D eigenvalue weighted by Gasteiger charge is -2.02. The lowest BCUT2D eigenvalue weighted by Crippen LogP contribution is -1.95. The molecule has 0 aliphatic heterocycles. The van der Waals surface area contributed by atoms with Crippen LogP contribution in [-0.4, -0.2) is 15.3 Å². The summed E-state index contributed by atoms with van der Waals surface area (Å²) in [5.74, 6) is 0. The standard InChI is InChI=1S/C17H11BrN2OS/c18-14-8-6-13(7-9-14)17(21)22-16-11-10-15(19-20-16)12-4-2-1-3-5-12/h1-11H. The Balaban J connectivity index is 1.73. The molecule has 0 aliphatic carbocycles. The van der Waals surface area contributed by atoms with Gasteiger partial charge in [0.05, 0.1) is 5.69 Å². The molecule has 108 valence electrons. The van der Waals surface area contributed by atoms with E-state index in [0.717, 1.165) is 27.5 Å². The third kappa shape index (κ3) is 3.61. The fourth-order valence-electron chi connectivity index (χ4n) is 1.88. The topological polar surface area (TPSA) is 42.9 Å².